The highest BCUT2D eigenvalue weighted by Crippen LogP contribution is 2.12. The fraction of sp³-hybridized carbons (Fsp3) is 0.133. The number of hydrogen-bond acceptors (Lipinski definition) is 1. The first-order chi connectivity index (χ1) is 8.31. The van der Waals surface area contributed by atoms with Crippen molar-refractivity contribution in [2.24, 2.45) is 0 Å². The molecular formula is C15H12ClN. The molecule has 84 valence electrons. The Morgan fingerprint density at radius 3 is 1.76 bits per heavy atom. The van der Waals surface area contributed by atoms with E-state index in [-0.39, 0.29) is 0 Å². The van der Waals surface area contributed by atoms with Crippen LogP contribution < -0.4 is 0 Å². The van der Waals surface area contributed by atoms with E-state index in [1.54, 1.807) is 0 Å². The average molecular weight is 242 g/mol. The maximum absolute atomic E-state index is 8.71. The molecular weight excluding hydrogens is 230 g/mol. The third kappa shape index (κ3) is 3.09. The van der Waals surface area contributed by atoms with E-state index in [1.165, 1.54) is 11.1 Å². The van der Waals surface area contributed by atoms with Gasteiger partial charge in [-0.15, -0.1) is 11.6 Å². The van der Waals surface area contributed by atoms with Gasteiger partial charge in [-0.1, -0.05) is 36.4 Å². The molecule has 0 fully saturated rings. The zero-order valence-electron chi connectivity index (χ0n) is 9.36. The van der Waals surface area contributed by atoms with Crippen molar-refractivity contribution in [2.75, 3.05) is 0 Å². The lowest BCUT2D eigenvalue weighted by atomic mass is 10.0. The topological polar surface area (TPSA) is 23.8 Å². The number of hydrogen-bond donors (Lipinski definition) is 0. The van der Waals surface area contributed by atoms with Gasteiger partial charge in [0.05, 0.1) is 11.6 Å². The minimum absolute atomic E-state index is 0.553. The van der Waals surface area contributed by atoms with E-state index in [1.807, 2.05) is 36.4 Å². The SMILES string of the molecule is N#Cc1ccc(Cc2ccc(CCl)cc2)cc1. The number of alkyl halides is 1. The van der Waals surface area contributed by atoms with Crippen LogP contribution in [0.25, 0.3) is 0 Å². The Hall–Kier alpha value is -1.78. The standard InChI is InChI=1S/C15H12ClN/c16-10-14-5-1-12(2-6-14)9-13-3-7-15(11-17)8-4-13/h1-8H,9-10H2. The quantitative estimate of drug-likeness (QED) is 0.748. The summed E-state index contributed by atoms with van der Waals surface area (Å²) in [6.07, 6.45) is 0.883. The summed E-state index contributed by atoms with van der Waals surface area (Å²) in [4.78, 5) is 0. The van der Waals surface area contributed by atoms with Crippen molar-refractivity contribution in [3.8, 4) is 6.07 Å². The van der Waals surface area contributed by atoms with Gasteiger partial charge in [-0.25, -0.2) is 0 Å². The molecule has 0 spiro atoms. The van der Waals surface area contributed by atoms with E-state index in [9.17, 15) is 0 Å². The molecule has 0 atom stereocenters. The number of halogens is 1. The molecule has 0 unspecified atom stereocenters. The van der Waals surface area contributed by atoms with Crippen LogP contribution in [0.3, 0.4) is 0 Å². The van der Waals surface area contributed by atoms with Gasteiger partial charge in [-0.3, -0.25) is 0 Å². The number of nitriles is 1. The average Bonchev–Trinajstić information content (AvgIpc) is 2.40. The van der Waals surface area contributed by atoms with Crippen molar-refractivity contribution in [1.29, 1.82) is 5.26 Å². The molecule has 0 bridgehead atoms. The van der Waals surface area contributed by atoms with Gasteiger partial charge in [0, 0.05) is 5.88 Å². The lowest BCUT2D eigenvalue weighted by Gasteiger charge is -2.03. The summed E-state index contributed by atoms with van der Waals surface area (Å²) in [5.41, 5.74) is 4.30. The van der Waals surface area contributed by atoms with Crippen LogP contribution >= 0.6 is 11.6 Å². The zero-order valence-corrected chi connectivity index (χ0v) is 10.1. The second-order valence-corrected chi connectivity index (χ2v) is 4.20. The minimum atomic E-state index is 0.553. The van der Waals surface area contributed by atoms with Crippen LogP contribution in [0.2, 0.25) is 0 Å². The zero-order chi connectivity index (χ0) is 12.1. The molecule has 0 amide bonds. The summed E-state index contributed by atoms with van der Waals surface area (Å²) < 4.78 is 0. The molecule has 0 aromatic heterocycles. The van der Waals surface area contributed by atoms with Gasteiger partial charge >= 0.3 is 0 Å². The Morgan fingerprint density at radius 2 is 1.29 bits per heavy atom. The molecule has 0 heterocycles. The highest BCUT2D eigenvalue weighted by Gasteiger charge is 1.97. The highest BCUT2D eigenvalue weighted by molar-refractivity contribution is 6.17. The largest absolute Gasteiger partial charge is 0.192 e. The number of nitrogens with zero attached hydrogens (tertiary/aromatic N) is 1. The molecule has 0 saturated heterocycles. The molecule has 2 heteroatoms. The van der Waals surface area contributed by atoms with Crippen LogP contribution in [0.4, 0.5) is 0 Å². The Labute approximate surface area is 106 Å². The van der Waals surface area contributed by atoms with E-state index in [0.29, 0.717) is 11.4 Å². The van der Waals surface area contributed by atoms with Gasteiger partial charge in [-0.05, 0) is 35.2 Å². The van der Waals surface area contributed by atoms with Crippen molar-refractivity contribution in [2.45, 2.75) is 12.3 Å². The molecule has 2 rings (SSSR count). The number of benzene rings is 2. The molecule has 17 heavy (non-hydrogen) atoms. The van der Waals surface area contributed by atoms with Crippen LogP contribution in [0.1, 0.15) is 22.3 Å². The molecule has 0 saturated carbocycles. The predicted molar refractivity (Wildman–Crippen MR) is 70.0 cm³/mol. The lowest BCUT2D eigenvalue weighted by Crippen LogP contribution is -1.89. The molecule has 0 aliphatic heterocycles. The second kappa shape index (κ2) is 5.52. The van der Waals surface area contributed by atoms with Crippen LogP contribution in [-0.2, 0) is 12.3 Å². The molecule has 1 nitrogen and oxygen atoms in total. The van der Waals surface area contributed by atoms with Gasteiger partial charge < -0.3 is 0 Å². The van der Waals surface area contributed by atoms with Crippen molar-refractivity contribution >= 4 is 11.6 Å². The smallest absolute Gasteiger partial charge is 0.0991 e. The van der Waals surface area contributed by atoms with E-state index >= 15 is 0 Å². The maximum atomic E-state index is 8.71. The lowest BCUT2D eigenvalue weighted by molar-refractivity contribution is 1.18. The summed E-state index contributed by atoms with van der Waals surface area (Å²) in [6, 6.07) is 18.1. The third-order valence-electron chi connectivity index (χ3n) is 2.67. The van der Waals surface area contributed by atoms with Crippen molar-refractivity contribution < 1.29 is 0 Å². The van der Waals surface area contributed by atoms with Crippen molar-refractivity contribution in [1.82, 2.24) is 0 Å². The first kappa shape index (κ1) is 11.7. The minimum Gasteiger partial charge on any atom is -0.192 e. The summed E-state index contributed by atoms with van der Waals surface area (Å²) in [6.45, 7) is 0. The molecule has 0 radical (unpaired) electrons. The Balaban J connectivity index is 2.11. The molecule has 2 aromatic carbocycles. The van der Waals surface area contributed by atoms with Gasteiger partial charge in [0.2, 0.25) is 0 Å². The summed E-state index contributed by atoms with van der Waals surface area (Å²) >= 11 is 5.74. The molecule has 0 aliphatic carbocycles. The van der Waals surface area contributed by atoms with Gasteiger partial charge in [0.1, 0.15) is 0 Å². The van der Waals surface area contributed by atoms with Crippen LogP contribution in [0, 0.1) is 11.3 Å². The van der Waals surface area contributed by atoms with Gasteiger partial charge in [0.25, 0.3) is 0 Å². The molecule has 2 aromatic rings. The van der Waals surface area contributed by atoms with Crippen molar-refractivity contribution in [3.05, 3.63) is 70.8 Å². The first-order valence-electron chi connectivity index (χ1n) is 5.44. The highest BCUT2D eigenvalue weighted by atomic mass is 35.5. The normalized spacial score (nSPS) is 9.88. The summed E-state index contributed by atoms with van der Waals surface area (Å²) in [7, 11) is 0. The molecule has 0 N–H and O–H groups in total. The van der Waals surface area contributed by atoms with Crippen LogP contribution in [-0.4, -0.2) is 0 Å². The third-order valence-corrected chi connectivity index (χ3v) is 2.98. The second-order valence-electron chi connectivity index (χ2n) is 3.94. The Morgan fingerprint density at radius 1 is 0.824 bits per heavy atom. The van der Waals surface area contributed by atoms with E-state index in [2.05, 4.69) is 18.2 Å². The molecule has 0 aliphatic rings. The summed E-state index contributed by atoms with van der Waals surface area (Å²) in [5.74, 6) is 0.553. The van der Waals surface area contributed by atoms with Crippen LogP contribution in [0.5, 0.6) is 0 Å². The van der Waals surface area contributed by atoms with E-state index in [0.717, 1.165) is 12.0 Å². The summed E-state index contributed by atoms with van der Waals surface area (Å²) in [5, 5.41) is 8.71. The van der Waals surface area contributed by atoms with Gasteiger partial charge in [0.15, 0.2) is 0 Å². The maximum Gasteiger partial charge on any atom is 0.0991 e. The predicted octanol–water partition coefficient (Wildman–Crippen LogP) is 3.89. The van der Waals surface area contributed by atoms with E-state index in [4.69, 9.17) is 16.9 Å². The Bertz CT molecular complexity index is 520. The Kier molecular flexibility index (Phi) is 3.80. The van der Waals surface area contributed by atoms with E-state index < -0.39 is 0 Å². The van der Waals surface area contributed by atoms with Crippen molar-refractivity contribution in [3.63, 3.8) is 0 Å². The van der Waals surface area contributed by atoms with Gasteiger partial charge in [-0.2, -0.15) is 5.26 Å². The fourth-order valence-electron chi connectivity index (χ4n) is 1.68. The fourth-order valence-corrected chi connectivity index (χ4v) is 1.86. The monoisotopic (exact) mass is 241 g/mol. The van der Waals surface area contributed by atoms with Crippen LogP contribution in [0.15, 0.2) is 48.5 Å². The first-order valence-corrected chi connectivity index (χ1v) is 5.98. The number of rotatable bonds is 3.